The molecule has 0 fully saturated rings. The van der Waals surface area contributed by atoms with Crippen molar-refractivity contribution in [3.63, 3.8) is 0 Å². The molecule has 0 amide bonds. The molecule has 17 heavy (non-hydrogen) atoms. The highest BCUT2D eigenvalue weighted by Crippen LogP contribution is 2.26. The molecule has 0 saturated heterocycles. The number of para-hydroxylation sites is 1. The van der Waals surface area contributed by atoms with Crippen LogP contribution in [0.4, 0.5) is 5.69 Å². The third-order valence-corrected chi connectivity index (χ3v) is 2.84. The first-order chi connectivity index (χ1) is 8.16. The Morgan fingerprint density at radius 1 is 1.00 bits per heavy atom. The van der Waals surface area contributed by atoms with Crippen LogP contribution in [0.2, 0.25) is 0 Å². The molecule has 0 aromatic heterocycles. The number of phenols is 1. The maximum atomic E-state index is 9.76. The predicted octanol–water partition coefficient (Wildman–Crippen LogP) is 3.87. The summed E-state index contributed by atoms with van der Waals surface area (Å²) in [5, 5.41) is 13.1. The zero-order valence-electron chi connectivity index (χ0n) is 10.1. The zero-order chi connectivity index (χ0) is 12.3. The van der Waals surface area contributed by atoms with E-state index in [9.17, 15) is 5.11 Å². The molecule has 0 aliphatic rings. The molecular formula is C15H17NO. The normalized spacial score (nSPS) is 12.1. The van der Waals surface area contributed by atoms with Gasteiger partial charge in [-0.2, -0.15) is 0 Å². The molecular weight excluding hydrogens is 210 g/mol. The van der Waals surface area contributed by atoms with Crippen molar-refractivity contribution in [3.8, 4) is 5.75 Å². The van der Waals surface area contributed by atoms with Crippen molar-refractivity contribution >= 4 is 5.69 Å². The molecule has 2 aromatic carbocycles. The van der Waals surface area contributed by atoms with Crippen LogP contribution in [0.25, 0.3) is 0 Å². The highest BCUT2D eigenvalue weighted by atomic mass is 16.3. The summed E-state index contributed by atoms with van der Waals surface area (Å²) in [6.07, 6.45) is 0. The molecule has 2 N–H and O–H groups in total. The Labute approximate surface area is 102 Å². The minimum Gasteiger partial charge on any atom is -0.508 e. The van der Waals surface area contributed by atoms with Gasteiger partial charge in [0.2, 0.25) is 0 Å². The van der Waals surface area contributed by atoms with Crippen LogP contribution in [-0.4, -0.2) is 5.11 Å². The molecule has 1 atom stereocenters. The van der Waals surface area contributed by atoms with E-state index in [-0.39, 0.29) is 6.04 Å². The number of aryl methyl sites for hydroxylation is 1. The SMILES string of the molecule is Cc1ccc(NC(C)c2ccccc2O)cc1. The number of anilines is 1. The largest absolute Gasteiger partial charge is 0.508 e. The quantitative estimate of drug-likeness (QED) is 0.834. The zero-order valence-corrected chi connectivity index (χ0v) is 10.1. The number of phenolic OH excluding ortho intramolecular Hbond substituents is 1. The van der Waals surface area contributed by atoms with Crippen LogP contribution in [0.15, 0.2) is 48.5 Å². The standard InChI is InChI=1S/C15H17NO/c1-11-7-9-13(10-8-11)16-12(2)14-5-3-4-6-15(14)17/h3-10,12,16-17H,1-2H3. The van der Waals surface area contributed by atoms with E-state index in [2.05, 4.69) is 24.4 Å². The molecule has 2 nitrogen and oxygen atoms in total. The minimum atomic E-state index is 0.0823. The van der Waals surface area contributed by atoms with Gasteiger partial charge in [0.1, 0.15) is 5.75 Å². The number of hydrogen-bond donors (Lipinski definition) is 2. The van der Waals surface area contributed by atoms with Gasteiger partial charge in [0.25, 0.3) is 0 Å². The van der Waals surface area contributed by atoms with E-state index in [1.807, 2.05) is 37.3 Å². The van der Waals surface area contributed by atoms with Gasteiger partial charge in [-0.05, 0) is 32.0 Å². The first-order valence-electron chi connectivity index (χ1n) is 5.78. The Kier molecular flexibility index (Phi) is 3.33. The Morgan fingerprint density at radius 3 is 2.29 bits per heavy atom. The van der Waals surface area contributed by atoms with Crippen molar-refractivity contribution in [1.29, 1.82) is 0 Å². The number of hydrogen-bond acceptors (Lipinski definition) is 2. The predicted molar refractivity (Wildman–Crippen MR) is 71.3 cm³/mol. The fourth-order valence-electron chi connectivity index (χ4n) is 1.83. The van der Waals surface area contributed by atoms with Crippen molar-refractivity contribution in [2.75, 3.05) is 5.32 Å². The van der Waals surface area contributed by atoms with Crippen LogP contribution in [0.1, 0.15) is 24.1 Å². The van der Waals surface area contributed by atoms with Crippen LogP contribution in [0, 0.1) is 6.92 Å². The van der Waals surface area contributed by atoms with E-state index in [1.165, 1.54) is 5.56 Å². The summed E-state index contributed by atoms with van der Waals surface area (Å²) in [5.41, 5.74) is 3.21. The maximum absolute atomic E-state index is 9.76. The topological polar surface area (TPSA) is 32.3 Å². The second kappa shape index (κ2) is 4.91. The van der Waals surface area contributed by atoms with Gasteiger partial charge in [0, 0.05) is 11.3 Å². The second-order valence-corrected chi connectivity index (χ2v) is 4.29. The molecule has 0 spiro atoms. The monoisotopic (exact) mass is 227 g/mol. The van der Waals surface area contributed by atoms with Gasteiger partial charge in [-0.3, -0.25) is 0 Å². The van der Waals surface area contributed by atoms with Crippen LogP contribution < -0.4 is 5.32 Å². The van der Waals surface area contributed by atoms with E-state index in [4.69, 9.17) is 0 Å². The van der Waals surface area contributed by atoms with Gasteiger partial charge in [0.15, 0.2) is 0 Å². The van der Waals surface area contributed by atoms with E-state index in [0.29, 0.717) is 5.75 Å². The lowest BCUT2D eigenvalue weighted by Gasteiger charge is -2.16. The molecule has 0 radical (unpaired) electrons. The Bertz CT molecular complexity index is 491. The highest BCUT2D eigenvalue weighted by Gasteiger charge is 2.08. The van der Waals surface area contributed by atoms with Crippen LogP contribution in [0.5, 0.6) is 5.75 Å². The maximum Gasteiger partial charge on any atom is 0.120 e. The Balaban J connectivity index is 2.14. The summed E-state index contributed by atoms with van der Waals surface area (Å²) in [4.78, 5) is 0. The second-order valence-electron chi connectivity index (χ2n) is 4.29. The number of nitrogens with one attached hydrogen (secondary N) is 1. The number of benzene rings is 2. The van der Waals surface area contributed by atoms with E-state index < -0.39 is 0 Å². The van der Waals surface area contributed by atoms with Crippen LogP contribution in [-0.2, 0) is 0 Å². The molecule has 0 heterocycles. The lowest BCUT2D eigenvalue weighted by molar-refractivity contribution is 0.465. The molecule has 1 unspecified atom stereocenters. The lowest BCUT2D eigenvalue weighted by Crippen LogP contribution is -2.06. The molecule has 2 aromatic rings. The summed E-state index contributed by atoms with van der Waals surface area (Å²) < 4.78 is 0. The Morgan fingerprint density at radius 2 is 1.65 bits per heavy atom. The molecule has 2 rings (SSSR count). The Hall–Kier alpha value is -1.96. The first-order valence-corrected chi connectivity index (χ1v) is 5.78. The summed E-state index contributed by atoms with van der Waals surface area (Å²) in [6.45, 7) is 4.10. The summed E-state index contributed by atoms with van der Waals surface area (Å²) >= 11 is 0. The van der Waals surface area contributed by atoms with E-state index >= 15 is 0 Å². The van der Waals surface area contributed by atoms with Crippen molar-refractivity contribution in [3.05, 3.63) is 59.7 Å². The fraction of sp³-hybridized carbons (Fsp3) is 0.200. The van der Waals surface area contributed by atoms with Gasteiger partial charge in [-0.25, -0.2) is 0 Å². The van der Waals surface area contributed by atoms with Crippen molar-refractivity contribution in [2.45, 2.75) is 19.9 Å². The van der Waals surface area contributed by atoms with Gasteiger partial charge >= 0.3 is 0 Å². The number of rotatable bonds is 3. The van der Waals surface area contributed by atoms with Crippen LogP contribution in [0.3, 0.4) is 0 Å². The first kappa shape index (κ1) is 11.5. The van der Waals surface area contributed by atoms with Gasteiger partial charge < -0.3 is 10.4 Å². The third-order valence-electron chi connectivity index (χ3n) is 2.84. The molecule has 0 aliphatic carbocycles. The molecule has 2 heteroatoms. The molecule has 88 valence electrons. The minimum absolute atomic E-state index is 0.0823. The summed E-state index contributed by atoms with van der Waals surface area (Å²) in [6, 6.07) is 15.7. The van der Waals surface area contributed by atoms with E-state index in [0.717, 1.165) is 11.3 Å². The summed E-state index contributed by atoms with van der Waals surface area (Å²) in [5.74, 6) is 0.333. The third kappa shape index (κ3) is 2.78. The van der Waals surface area contributed by atoms with E-state index in [1.54, 1.807) is 6.07 Å². The fourth-order valence-corrected chi connectivity index (χ4v) is 1.83. The molecule has 0 saturated carbocycles. The van der Waals surface area contributed by atoms with Crippen molar-refractivity contribution in [2.24, 2.45) is 0 Å². The average Bonchev–Trinajstić information content (AvgIpc) is 2.32. The van der Waals surface area contributed by atoms with Crippen molar-refractivity contribution < 1.29 is 5.11 Å². The van der Waals surface area contributed by atoms with Gasteiger partial charge in [-0.1, -0.05) is 35.9 Å². The average molecular weight is 227 g/mol. The van der Waals surface area contributed by atoms with Gasteiger partial charge in [-0.15, -0.1) is 0 Å². The molecule has 0 bridgehead atoms. The summed E-state index contributed by atoms with van der Waals surface area (Å²) in [7, 11) is 0. The number of aromatic hydroxyl groups is 1. The van der Waals surface area contributed by atoms with Gasteiger partial charge in [0.05, 0.1) is 6.04 Å². The van der Waals surface area contributed by atoms with Crippen molar-refractivity contribution in [1.82, 2.24) is 0 Å². The van der Waals surface area contributed by atoms with Crippen LogP contribution >= 0.6 is 0 Å². The lowest BCUT2D eigenvalue weighted by atomic mass is 10.1. The highest BCUT2D eigenvalue weighted by molar-refractivity contribution is 5.48. The molecule has 0 aliphatic heterocycles. The smallest absolute Gasteiger partial charge is 0.120 e.